The van der Waals surface area contributed by atoms with Crippen molar-refractivity contribution >= 4 is 21.6 Å². The van der Waals surface area contributed by atoms with Gasteiger partial charge in [0.1, 0.15) is 5.75 Å². The first-order valence-corrected chi connectivity index (χ1v) is 12.4. The number of ether oxygens (including phenoxy) is 1. The molecule has 1 aliphatic rings. The van der Waals surface area contributed by atoms with Crippen LogP contribution in [0.3, 0.4) is 0 Å². The standard InChI is InChI=1S/C23H31N3O4S/c1-18(30-22-11-9-21(10-12-22)25(2)31(3,28)29)23(27)24-16-19-7-6-8-20(15-19)17-26-13-4-5-14-26/h6-12,15,18H,4-5,13-14,16-17H2,1-3H3,(H,24,27)/t18-/m1/s1. The number of nitrogens with zero attached hydrogens (tertiary/aromatic N) is 2. The van der Waals surface area contributed by atoms with Crippen molar-refractivity contribution in [1.29, 1.82) is 0 Å². The number of sulfonamides is 1. The molecule has 1 aliphatic heterocycles. The quantitative estimate of drug-likeness (QED) is 0.642. The summed E-state index contributed by atoms with van der Waals surface area (Å²) in [6, 6.07) is 14.9. The van der Waals surface area contributed by atoms with Gasteiger partial charge in [0.15, 0.2) is 6.10 Å². The van der Waals surface area contributed by atoms with Gasteiger partial charge >= 0.3 is 0 Å². The van der Waals surface area contributed by atoms with Gasteiger partial charge in [-0.2, -0.15) is 0 Å². The molecule has 3 rings (SSSR count). The summed E-state index contributed by atoms with van der Waals surface area (Å²) in [7, 11) is -1.84. The second kappa shape index (κ2) is 10.2. The molecular weight excluding hydrogens is 414 g/mol. The fourth-order valence-electron chi connectivity index (χ4n) is 3.55. The maximum atomic E-state index is 12.5. The summed E-state index contributed by atoms with van der Waals surface area (Å²) < 4.78 is 30.1. The average molecular weight is 446 g/mol. The van der Waals surface area contributed by atoms with Gasteiger partial charge in [-0.1, -0.05) is 24.3 Å². The Morgan fingerprint density at radius 1 is 1.13 bits per heavy atom. The summed E-state index contributed by atoms with van der Waals surface area (Å²) >= 11 is 0. The number of nitrogens with one attached hydrogen (secondary N) is 1. The van der Waals surface area contributed by atoms with Crippen LogP contribution < -0.4 is 14.4 Å². The summed E-state index contributed by atoms with van der Waals surface area (Å²) in [5.74, 6) is 0.295. The molecule has 31 heavy (non-hydrogen) atoms. The lowest BCUT2D eigenvalue weighted by Crippen LogP contribution is -2.35. The highest BCUT2D eigenvalue weighted by atomic mass is 32.2. The lowest BCUT2D eigenvalue weighted by atomic mass is 10.1. The monoisotopic (exact) mass is 445 g/mol. The van der Waals surface area contributed by atoms with Crippen LogP contribution in [0.15, 0.2) is 48.5 Å². The Balaban J connectivity index is 1.50. The van der Waals surface area contributed by atoms with Crippen molar-refractivity contribution in [3.05, 3.63) is 59.7 Å². The highest BCUT2D eigenvalue weighted by Crippen LogP contribution is 2.21. The molecule has 0 saturated carbocycles. The van der Waals surface area contributed by atoms with Crippen LogP contribution in [0.2, 0.25) is 0 Å². The summed E-state index contributed by atoms with van der Waals surface area (Å²) in [5.41, 5.74) is 2.85. The highest BCUT2D eigenvalue weighted by molar-refractivity contribution is 7.92. The van der Waals surface area contributed by atoms with Gasteiger partial charge in [0.2, 0.25) is 10.0 Å². The minimum absolute atomic E-state index is 0.206. The SMILES string of the molecule is C[C@@H](Oc1ccc(N(C)S(C)(=O)=O)cc1)C(=O)NCc1cccc(CN2CCCC2)c1. The van der Waals surface area contributed by atoms with Gasteiger partial charge in [-0.25, -0.2) is 8.42 Å². The number of benzene rings is 2. The van der Waals surface area contributed by atoms with E-state index in [-0.39, 0.29) is 5.91 Å². The van der Waals surface area contributed by atoms with Gasteiger partial charge in [0.25, 0.3) is 5.91 Å². The van der Waals surface area contributed by atoms with Crippen LogP contribution in [0.4, 0.5) is 5.69 Å². The first kappa shape index (κ1) is 23.1. The Kier molecular flexibility index (Phi) is 7.56. The zero-order valence-electron chi connectivity index (χ0n) is 18.4. The number of hydrogen-bond acceptors (Lipinski definition) is 5. The molecule has 1 amide bonds. The van der Waals surface area contributed by atoms with Crippen LogP contribution >= 0.6 is 0 Å². The molecule has 8 heteroatoms. The van der Waals surface area contributed by atoms with E-state index in [2.05, 4.69) is 22.3 Å². The molecule has 0 spiro atoms. The zero-order valence-corrected chi connectivity index (χ0v) is 19.2. The summed E-state index contributed by atoms with van der Waals surface area (Å²) in [6.07, 6.45) is 3.01. The molecular formula is C23H31N3O4S. The molecule has 1 fully saturated rings. The number of hydrogen-bond donors (Lipinski definition) is 1. The number of carbonyl (C=O) groups excluding carboxylic acids is 1. The number of likely N-dealkylation sites (tertiary alicyclic amines) is 1. The molecule has 0 bridgehead atoms. The van der Waals surface area contributed by atoms with Crippen LogP contribution in [-0.2, 0) is 27.9 Å². The van der Waals surface area contributed by atoms with E-state index in [4.69, 9.17) is 4.74 Å². The normalized spacial score (nSPS) is 15.5. The van der Waals surface area contributed by atoms with Crippen molar-refractivity contribution in [1.82, 2.24) is 10.2 Å². The maximum absolute atomic E-state index is 12.5. The Hall–Kier alpha value is -2.58. The molecule has 0 aromatic heterocycles. The minimum atomic E-state index is -3.32. The topological polar surface area (TPSA) is 78.9 Å². The van der Waals surface area contributed by atoms with E-state index < -0.39 is 16.1 Å². The molecule has 1 saturated heterocycles. The van der Waals surface area contributed by atoms with E-state index in [1.54, 1.807) is 31.2 Å². The summed E-state index contributed by atoms with van der Waals surface area (Å²) in [6.45, 7) is 5.39. The van der Waals surface area contributed by atoms with E-state index in [9.17, 15) is 13.2 Å². The van der Waals surface area contributed by atoms with Gasteiger partial charge in [0, 0.05) is 20.1 Å². The van der Waals surface area contributed by atoms with Crippen LogP contribution in [0.5, 0.6) is 5.75 Å². The van der Waals surface area contributed by atoms with Crippen LogP contribution in [-0.4, -0.2) is 51.7 Å². The lowest BCUT2D eigenvalue weighted by molar-refractivity contribution is -0.127. The highest BCUT2D eigenvalue weighted by Gasteiger charge is 2.16. The largest absolute Gasteiger partial charge is 0.481 e. The van der Waals surface area contributed by atoms with Crippen molar-refractivity contribution < 1.29 is 17.9 Å². The fourth-order valence-corrected chi connectivity index (χ4v) is 4.06. The third kappa shape index (κ3) is 6.70. The maximum Gasteiger partial charge on any atom is 0.261 e. The van der Waals surface area contributed by atoms with Crippen molar-refractivity contribution in [2.24, 2.45) is 0 Å². The second-order valence-electron chi connectivity index (χ2n) is 8.01. The predicted octanol–water partition coefficient (Wildman–Crippen LogP) is 2.76. The molecule has 0 radical (unpaired) electrons. The number of carbonyl (C=O) groups is 1. The van der Waals surface area contributed by atoms with Crippen LogP contribution in [0, 0.1) is 0 Å². The molecule has 1 heterocycles. The number of anilines is 1. The van der Waals surface area contributed by atoms with Crippen LogP contribution in [0.25, 0.3) is 0 Å². The Morgan fingerprint density at radius 2 is 1.77 bits per heavy atom. The van der Waals surface area contributed by atoms with Crippen molar-refractivity contribution in [3.63, 3.8) is 0 Å². The molecule has 0 unspecified atom stereocenters. The van der Waals surface area contributed by atoms with Gasteiger partial charge < -0.3 is 10.1 Å². The Labute approximate surface area is 185 Å². The molecule has 2 aromatic carbocycles. The second-order valence-corrected chi connectivity index (χ2v) is 10.0. The third-order valence-electron chi connectivity index (χ3n) is 5.44. The van der Waals surface area contributed by atoms with Gasteiger partial charge in [-0.05, 0) is 68.2 Å². The molecule has 0 aliphatic carbocycles. The van der Waals surface area contributed by atoms with E-state index in [0.717, 1.165) is 31.5 Å². The van der Waals surface area contributed by atoms with E-state index >= 15 is 0 Å². The summed E-state index contributed by atoms with van der Waals surface area (Å²) in [5, 5.41) is 2.92. The van der Waals surface area contributed by atoms with Gasteiger partial charge in [-0.15, -0.1) is 0 Å². The zero-order chi connectivity index (χ0) is 22.4. The summed E-state index contributed by atoms with van der Waals surface area (Å²) in [4.78, 5) is 14.9. The molecule has 7 nitrogen and oxygen atoms in total. The van der Waals surface area contributed by atoms with Gasteiger partial charge in [0.05, 0.1) is 11.9 Å². The minimum Gasteiger partial charge on any atom is -0.481 e. The molecule has 1 atom stereocenters. The van der Waals surface area contributed by atoms with E-state index in [1.165, 1.54) is 29.8 Å². The Morgan fingerprint density at radius 3 is 2.42 bits per heavy atom. The smallest absolute Gasteiger partial charge is 0.261 e. The van der Waals surface area contributed by atoms with Crippen molar-refractivity contribution in [2.45, 2.75) is 39.0 Å². The number of amides is 1. The van der Waals surface area contributed by atoms with Gasteiger partial charge in [-0.3, -0.25) is 14.0 Å². The third-order valence-corrected chi connectivity index (χ3v) is 6.65. The Bertz CT molecular complexity index is 986. The first-order valence-electron chi connectivity index (χ1n) is 10.5. The molecule has 2 aromatic rings. The first-order chi connectivity index (χ1) is 14.7. The lowest BCUT2D eigenvalue weighted by Gasteiger charge is -2.18. The molecule has 168 valence electrons. The molecule has 1 N–H and O–H groups in total. The van der Waals surface area contributed by atoms with E-state index in [0.29, 0.717) is 18.0 Å². The van der Waals surface area contributed by atoms with E-state index in [1.807, 2.05) is 12.1 Å². The predicted molar refractivity (Wildman–Crippen MR) is 123 cm³/mol. The fraction of sp³-hybridized carbons (Fsp3) is 0.435. The van der Waals surface area contributed by atoms with Crippen molar-refractivity contribution in [2.75, 3.05) is 30.7 Å². The average Bonchev–Trinajstić information content (AvgIpc) is 3.24. The van der Waals surface area contributed by atoms with Crippen LogP contribution in [0.1, 0.15) is 30.9 Å². The van der Waals surface area contributed by atoms with Crippen molar-refractivity contribution in [3.8, 4) is 5.75 Å². The number of rotatable bonds is 9.